The molecule has 0 saturated carbocycles. The van der Waals surface area contributed by atoms with Crippen molar-refractivity contribution in [3.8, 4) is 0 Å². The van der Waals surface area contributed by atoms with Crippen LogP contribution in [0.3, 0.4) is 0 Å². The SMILES string of the molecule is c1cnc(NC2CCSC2)cn1. The lowest BCUT2D eigenvalue weighted by Crippen LogP contribution is -2.18. The predicted molar refractivity (Wildman–Crippen MR) is 51.4 cm³/mol. The van der Waals surface area contributed by atoms with E-state index in [9.17, 15) is 0 Å². The molecule has 1 atom stereocenters. The third-order valence-corrected chi connectivity index (χ3v) is 3.01. The van der Waals surface area contributed by atoms with E-state index in [2.05, 4.69) is 15.3 Å². The Morgan fingerprint density at radius 3 is 3.17 bits per heavy atom. The monoisotopic (exact) mass is 181 g/mol. The maximum atomic E-state index is 4.16. The van der Waals surface area contributed by atoms with Gasteiger partial charge in [0.1, 0.15) is 5.82 Å². The number of rotatable bonds is 2. The number of hydrogen-bond acceptors (Lipinski definition) is 4. The normalized spacial score (nSPS) is 22.5. The van der Waals surface area contributed by atoms with Gasteiger partial charge in [0.15, 0.2) is 0 Å². The molecular formula is C8H11N3S. The van der Waals surface area contributed by atoms with Crippen LogP contribution in [0.2, 0.25) is 0 Å². The van der Waals surface area contributed by atoms with Gasteiger partial charge in [0.05, 0.1) is 6.20 Å². The summed E-state index contributed by atoms with van der Waals surface area (Å²) in [7, 11) is 0. The minimum Gasteiger partial charge on any atom is -0.365 e. The fourth-order valence-corrected chi connectivity index (χ4v) is 2.38. The van der Waals surface area contributed by atoms with Crippen molar-refractivity contribution in [1.82, 2.24) is 9.97 Å². The Morgan fingerprint density at radius 2 is 2.50 bits per heavy atom. The lowest BCUT2D eigenvalue weighted by Gasteiger charge is -2.10. The van der Waals surface area contributed by atoms with Gasteiger partial charge in [0.2, 0.25) is 0 Å². The largest absolute Gasteiger partial charge is 0.365 e. The van der Waals surface area contributed by atoms with Gasteiger partial charge in [-0.2, -0.15) is 11.8 Å². The van der Waals surface area contributed by atoms with Gasteiger partial charge in [0.25, 0.3) is 0 Å². The van der Waals surface area contributed by atoms with Crippen LogP contribution in [0.1, 0.15) is 6.42 Å². The van der Waals surface area contributed by atoms with Crippen molar-refractivity contribution in [2.24, 2.45) is 0 Å². The molecule has 64 valence electrons. The van der Waals surface area contributed by atoms with Crippen LogP contribution in [0, 0.1) is 0 Å². The van der Waals surface area contributed by atoms with E-state index in [0.29, 0.717) is 6.04 Å². The Balaban J connectivity index is 1.94. The predicted octanol–water partition coefficient (Wildman–Crippen LogP) is 1.39. The molecule has 1 saturated heterocycles. The summed E-state index contributed by atoms with van der Waals surface area (Å²) in [6.07, 6.45) is 6.41. The Labute approximate surface area is 76.0 Å². The molecule has 0 radical (unpaired) electrons. The number of aromatic nitrogens is 2. The molecule has 12 heavy (non-hydrogen) atoms. The number of nitrogens with zero attached hydrogens (tertiary/aromatic N) is 2. The van der Waals surface area contributed by atoms with Crippen LogP contribution in [0.15, 0.2) is 18.6 Å². The fourth-order valence-electron chi connectivity index (χ4n) is 1.23. The second-order valence-corrected chi connectivity index (χ2v) is 3.95. The van der Waals surface area contributed by atoms with Crippen molar-refractivity contribution in [3.05, 3.63) is 18.6 Å². The zero-order valence-corrected chi connectivity index (χ0v) is 7.55. The zero-order chi connectivity index (χ0) is 8.23. The maximum Gasteiger partial charge on any atom is 0.144 e. The molecule has 1 unspecified atom stereocenters. The number of hydrogen-bond donors (Lipinski definition) is 1. The summed E-state index contributed by atoms with van der Waals surface area (Å²) < 4.78 is 0. The van der Waals surface area contributed by atoms with Crippen LogP contribution >= 0.6 is 11.8 Å². The number of nitrogens with one attached hydrogen (secondary N) is 1. The molecule has 2 rings (SSSR count). The van der Waals surface area contributed by atoms with Crippen LogP contribution in [-0.4, -0.2) is 27.5 Å². The maximum absolute atomic E-state index is 4.16. The summed E-state index contributed by atoms with van der Waals surface area (Å²) in [6.45, 7) is 0. The van der Waals surface area contributed by atoms with E-state index in [1.165, 1.54) is 17.9 Å². The minimum atomic E-state index is 0.590. The van der Waals surface area contributed by atoms with Crippen LogP contribution in [-0.2, 0) is 0 Å². The van der Waals surface area contributed by atoms with E-state index in [-0.39, 0.29) is 0 Å². The lowest BCUT2D eigenvalue weighted by atomic mass is 10.3. The molecular weight excluding hydrogens is 170 g/mol. The second kappa shape index (κ2) is 3.76. The van der Waals surface area contributed by atoms with E-state index in [4.69, 9.17) is 0 Å². The highest BCUT2D eigenvalue weighted by Gasteiger charge is 2.14. The molecule has 0 aromatic carbocycles. The standard InChI is InChI=1S/C8H11N3S/c1-4-12-6-7(1)11-8-5-9-2-3-10-8/h2-3,5,7H,1,4,6H2,(H,10,11). The quantitative estimate of drug-likeness (QED) is 0.748. The third-order valence-electron chi connectivity index (χ3n) is 1.84. The first kappa shape index (κ1) is 7.86. The first-order valence-corrected chi connectivity index (χ1v) is 5.21. The topological polar surface area (TPSA) is 37.8 Å². The van der Waals surface area contributed by atoms with E-state index in [1.807, 2.05) is 11.8 Å². The van der Waals surface area contributed by atoms with Crippen molar-refractivity contribution < 1.29 is 0 Å². The molecule has 1 aromatic heterocycles. The molecule has 4 heteroatoms. The van der Waals surface area contributed by atoms with Gasteiger partial charge < -0.3 is 5.32 Å². The molecule has 0 amide bonds. The van der Waals surface area contributed by atoms with Crippen LogP contribution in [0.4, 0.5) is 5.82 Å². The molecule has 3 nitrogen and oxygen atoms in total. The molecule has 2 heterocycles. The first-order chi connectivity index (χ1) is 5.95. The first-order valence-electron chi connectivity index (χ1n) is 4.05. The number of anilines is 1. The summed E-state index contributed by atoms with van der Waals surface area (Å²) in [5.41, 5.74) is 0. The highest BCUT2D eigenvalue weighted by atomic mass is 32.2. The molecule has 1 aromatic rings. The minimum absolute atomic E-state index is 0.590. The Kier molecular flexibility index (Phi) is 2.46. The van der Waals surface area contributed by atoms with Gasteiger partial charge in [-0.3, -0.25) is 4.98 Å². The Hall–Kier alpha value is -0.770. The van der Waals surface area contributed by atoms with E-state index in [0.717, 1.165) is 5.82 Å². The molecule has 0 aliphatic carbocycles. The van der Waals surface area contributed by atoms with Crippen molar-refractivity contribution in [2.45, 2.75) is 12.5 Å². The van der Waals surface area contributed by atoms with Crippen LogP contribution < -0.4 is 5.32 Å². The fraction of sp³-hybridized carbons (Fsp3) is 0.500. The van der Waals surface area contributed by atoms with Gasteiger partial charge in [-0.05, 0) is 12.2 Å². The summed E-state index contributed by atoms with van der Waals surface area (Å²) in [4.78, 5) is 8.15. The zero-order valence-electron chi connectivity index (χ0n) is 6.73. The van der Waals surface area contributed by atoms with Gasteiger partial charge in [-0.1, -0.05) is 0 Å². The van der Waals surface area contributed by atoms with Crippen molar-refractivity contribution >= 4 is 17.6 Å². The summed E-state index contributed by atoms with van der Waals surface area (Å²) in [6, 6.07) is 0.590. The second-order valence-electron chi connectivity index (χ2n) is 2.80. The lowest BCUT2D eigenvalue weighted by molar-refractivity contribution is 0.805. The van der Waals surface area contributed by atoms with Gasteiger partial charge >= 0.3 is 0 Å². The third kappa shape index (κ3) is 1.88. The van der Waals surface area contributed by atoms with E-state index < -0.39 is 0 Å². The van der Waals surface area contributed by atoms with E-state index >= 15 is 0 Å². The molecule has 0 bridgehead atoms. The van der Waals surface area contributed by atoms with Crippen molar-refractivity contribution in [2.75, 3.05) is 16.8 Å². The summed E-state index contributed by atoms with van der Waals surface area (Å²) in [5.74, 6) is 3.35. The average Bonchev–Trinajstić information content (AvgIpc) is 2.59. The van der Waals surface area contributed by atoms with E-state index in [1.54, 1.807) is 18.6 Å². The molecule has 0 spiro atoms. The Bertz CT molecular complexity index is 233. The smallest absolute Gasteiger partial charge is 0.144 e. The van der Waals surface area contributed by atoms with Crippen LogP contribution in [0.25, 0.3) is 0 Å². The van der Waals surface area contributed by atoms with Crippen LogP contribution in [0.5, 0.6) is 0 Å². The number of thioether (sulfide) groups is 1. The Morgan fingerprint density at radius 1 is 1.50 bits per heavy atom. The summed E-state index contributed by atoms with van der Waals surface area (Å²) in [5, 5.41) is 3.35. The van der Waals surface area contributed by atoms with Gasteiger partial charge in [-0.15, -0.1) is 0 Å². The molecule has 1 N–H and O–H groups in total. The van der Waals surface area contributed by atoms with Crippen molar-refractivity contribution in [3.63, 3.8) is 0 Å². The molecule has 1 fully saturated rings. The summed E-state index contributed by atoms with van der Waals surface area (Å²) >= 11 is 1.99. The molecule has 1 aliphatic rings. The van der Waals surface area contributed by atoms with Gasteiger partial charge in [0, 0.05) is 24.2 Å². The van der Waals surface area contributed by atoms with Crippen molar-refractivity contribution in [1.29, 1.82) is 0 Å². The molecule has 1 aliphatic heterocycles. The highest BCUT2D eigenvalue weighted by molar-refractivity contribution is 7.99. The average molecular weight is 181 g/mol. The highest BCUT2D eigenvalue weighted by Crippen LogP contribution is 2.19. The van der Waals surface area contributed by atoms with Gasteiger partial charge in [-0.25, -0.2) is 4.98 Å².